The summed E-state index contributed by atoms with van der Waals surface area (Å²) in [6, 6.07) is 27.1. The monoisotopic (exact) mass is 325 g/mol. The highest BCUT2D eigenvalue weighted by molar-refractivity contribution is 5.97. The second kappa shape index (κ2) is 6.40. The largest absolute Gasteiger partial charge is 0.497 e. The van der Waals surface area contributed by atoms with Crippen LogP contribution in [0.5, 0.6) is 5.75 Å². The molecule has 0 spiro atoms. The van der Waals surface area contributed by atoms with E-state index < -0.39 is 0 Å². The molecule has 1 heterocycles. The molecule has 0 atom stereocenters. The van der Waals surface area contributed by atoms with Crippen LogP contribution >= 0.6 is 0 Å². The van der Waals surface area contributed by atoms with Crippen LogP contribution in [0.2, 0.25) is 0 Å². The standard InChI is InChI=1S/C23H19NO/c1-16-8-13-22-21(14-16)20(17-9-11-19(25-2)12-10-17)15-23(24-22)18-6-4-3-5-7-18/h3-15H,1-2H3. The van der Waals surface area contributed by atoms with Crippen LogP contribution in [-0.2, 0) is 0 Å². The molecule has 122 valence electrons. The van der Waals surface area contributed by atoms with Gasteiger partial charge in [-0.05, 0) is 48.4 Å². The Morgan fingerprint density at radius 2 is 1.52 bits per heavy atom. The van der Waals surface area contributed by atoms with Crippen molar-refractivity contribution < 1.29 is 4.74 Å². The second-order valence-electron chi connectivity index (χ2n) is 6.17. The predicted molar refractivity (Wildman–Crippen MR) is 104 cm³/mol. The van der Waals surface area contributed by atoms with E-state index in [2.05, 4.69) is 55.5 Å². The zero-order valence-corrected chi connectivity index (χ0v) is 14.4. The first-order valence-corrected chi connectivity index (χ1v) is 8.36. The SMILES string of the molecule is COc1ccc(-c2cc(-c3ccccc3)nc3ccc(C)cc23)cc1. The highest BCUT2D eigenvalue weighted by Crippen LogP contribution is 2.33. The zero-order valence-electron chi connectivity index (χ0n) is 14.4. The van der Waals surface area contributed by atoms with E-state index in [1.54, 1.807) is 7.11 Å². The number of ether oxygens (including phenoxy) is 1. The Morgan fingerprint density at radius 1 is 0.760 bits per heavy atom. The van der Waals surface area contributed by atoms with Gasteiger partial charge in [0.2, 0.25) is 0 Å². The van der Waals surface area contributed by atoms with Crippen molar-refractivity contribution in [2.45, 2.75) is 6.92 Å². The van der Waals surface area contributed by atoms with E-state index in [9.17, 15) is 0 Å². The number of hydrogen-bond donors (Lipinski definition) is 0. The lowest BCUT2D eigenvalue weighted by atomic mass is 9.97. The van der Waals surface area contributed by atoms with Crippen LogP contribution < -0.4 is 4.74 Å². The number of methoxy groups -OCH3 is 1. The van der Waals surface area contributed by atoms with Gasteiger partial charge in [-0.15, -0.1) is 0 Å². The van der Waals surface area contributed by atoms with Gasteiger partial charge in [0.15, 0.2) is 0 Å². The average Bonchev–Trinajstić information content (AvgIpc) is 2.68. The van der Waals surface area contributed by atoms with Crippen molar-refractivity contribution >= 4 is 10.9 Å². The van der Waals surface area contributed by atoms with Crippen molar-refractivity contribution in [1.29, 1.82) is 0 Å². The molecule has 0 fully saturated rings. The van der Waals surface area contributed by atoms with Crippen molar-refractivity contribution in [2.75, 3.05) is 7.11 Å². The first kappa shape index (κ1) is 15.4. The number of fused-ring (bicyclic) bond motifs is 1. The Hall–Kier alpha value is -3.13. The van der Waals surface area contributed by atoms with Crippen molar-refractivity contribution in [3.05, 3.63) is 84.4 Å². The quantitative estimate of drug-likeness (QED) is 0.469. The van der Waals surface area contributed by atoms with Gasteiger partial charge in [-0.25, -0.2) is 4.98 Å². The maximum atomic E-state index is 5.29. The topological polar surface area (TPSA) is 22.1 Å². The molecule has 4 aromatic rings. The lowest BCUT2D eigenvalue weighted by Gasteiger charge is -2.12. The smallest absolute Gasteiger partial charge is 0.118 e. The summed E-state index contributed by atoms with van der Waals surface area (Å²) in [5.41, 5.74) is 6.71. The predicted octanol–water partition coefficient (Wildman–Crippen LogP) is 5.89. The van der Waals surface area contributed by atoms with E-state index in [4.69, 9.17) is 9.72 Å². The lowest BCUT2D eigenvalue weighted by Crippen LogP contribution is -1.91. The van der Waals surface area contributed by atoms with Crippen LogP contribution in [0.4, 0.5) is 0 Å². The normalized spacial score (nSPS) is 10.8. The molecular weight excluding hydrogens is 306 g/mol. The number of hydrogen-bond acceptors (Lipinski definition) is 2. The van der Waals surface area contributed by atoms with Crippen molar-refractivity contribution in [1.82, 2.24) is 4.98 Å². The Morgan fingerprint density at radius 3 is 2.24 bits per heavy atom. The minimum Gasteiger partial charge on any atom is -0.497 e. The minimum atomic E-state index is 0.863. The number of aryl methyl sites for hydroxylation is 1. The number of aromatic nitrogens is 1. The van der Waals surface area contributed by atoms with Gasteiger partial charge in [0, 0.05) is 10.9 Å². The fraction of sp³-hybridized carbons (Fsp3) is 0.0870. The van der Waals surface area contributed by atoms with Gasteiger partial charge in [-0.1, -0.05) is 54.1 Å². The summed E-state index contributed by atoms with van der Waals surface area (Å²) in [6.45, 7) is 2.11. The Balaban J connectivity index is 1.97. The van der Waals surface area contributed by atoms with Crippen molar-refractivity contribution in [2.24, 2.45) is 0 Å². The van der Waals surface area contributed by atoms with Crippen LogP contribution in [0.15, 0.2) is 78.9 Å². The molecule has 0 aliphatic rings. The maximum absolute atomic E-state index is 5.29. The Kier molecular flexibility index (Phi) is 3.95. The van der Waals surface area contributed by atoms with E-state index in [1.807, 2.05) is 30.3 Å². The Bertz CT molecular complexity index is 1020. The molecule has 2 heteroatoms. The molecule has 0 saturated carbocycles. The molecule has 0 bridgehead atoms. The average molecular weight is 325 g/mol. The summed E-state index contributed by atoms with van der Waals surface area (Å²) in [5.74, 6) is 0.863. The number of nitrogens with zero attached hydrogens (tertiary/aromatic N) is 1. The summed E-state index contributed by atoms with van der Waals surface area (Å²) in [5, 5.41) is 1.17. The van der Waals surface area contributed by atoms with Crippen molar-refractivity contribution in [3.63, 3.8) is 0 Å². The zero-order chi connectivity index (χ0) is 17.2. The first-order valence-electron chi connectivity index (χ1n) is 8.36. The van der Waals surface area contributed by atoms with Crippen LogP contribution in [0.3, 0.4) is 0 Å². The van der Waals surface area contributed by atoms with E-state index in [0.29, 0.717) is 0 Å². The highest BCUT2D eigenvalue weighted by Gasteiger charge is 2.10. The van der Waals surface area contributed by atoms with E-state index in [0.717, 1.165) is 28.1 Å². The number of rotatable bonds is 3. The van der Waals surface area contributed by atoms with Crippen LogP contribution in [0.1, 0.15) is 5.56 Å². The van der Waals surface area contributed by atoms with Gasteiger partial charge >= 0.3 is 0 Å². The number of pyridine rings is 1. The van der Waals surface area contributed by atoms with Crippen LogP contribution in [0, 0.1) is 6.92 Å². The van der Waals surface area contributed by atoms with Crippen molar-refractivity contribution in [3.8, 4) is 28.1 Å². The third-order valence-electron chi connectivity index (χ3n) is 4.43. The van der Waals surface area contributed by atoms with E-state index in [-0.39, 0.29) is 0 Å². The molecule has 0 amide bonds. The summed E-state index contributed by atoms with van der Waals surface area (Å²) < 4.78 is 5.29. The second-order valence-corrected chi connectivity index (χ2v) is 6.17. The molecule has 0 N–H and O–H groups in total. The molecule has 0 radical (unpaired) electrons. The molecule has 0 aliphatic carbocycles. The Labute approximate surface area is 147 Å². The third kappa shape index (κ3) is 2.99. The first-order chi connectivity index (χ1) is 12.2. The third-order valence-corrected chi connectivity index (χ3v) is 4.43. The van der Waals surface area contributed by atoms with Crippen LogP contribution in [0.25, 0.3) is 33.3 Å². The number of benzene rings is 3. The molecule has 2 nitrogen and oxygen atoms in total. The lowest BCUT2D eigenvalue weighted by molar-refractivity contribution is 0.415. The summed E-state index contributed by atoms with van der Waals surface area (Å²) in [4.78, 5) is 4.88. The van der Waals surface area contributed by atoms with Gasteiger partial charge in [-0.2, -0.15) is 0 Å². The molecule has 25 heavy (non-hydrogen) atoms. The molecule has 0 aliphatic heterocycles. The molecule has 0 saturated heterocycles. The van der Waals surface area contributed by atoms with Gasteiger partial charge in [0.05, 0.1) is 18.3 Å². The van der Waals surface area contributed by atoms with Gasteiger partial charge in [0.25, 0.3) is 0 Å². The highest BCUT2D eigenvalue weighted by atomic mass is 16.5. The van der Waals surface area contributed by atoms with Gasteiger partial charge < -0.3 is 4.74 Å². The minimum absolute atomic E-state index is 0.863. The fourth-order valence-corrected chi connectivity index (χ4v) is 3.11. The molecular formula is C23H19NO. The molecule has 1 aromatic heterocycles. The van der Waals surface area contributed by atoms with Crippen LogP contribution in [-0.4, -0.2) is 12.1 Å². The summed E-state index contributed by atoms with van der Waals surface area (Å²) in [7, 11) is 1.69. The molecule has 0 unspecified atom stereocenters. The van der Waals surface area contributed by atoms with E-state index >= 15 is 0 Å². The fourth-order valence-electron chi connectivity index (χ4n) is 3.11. The maximum Gasteiger partial charge on any atom is 0.118 e. The van der Waals surface area contributed by atoms with E-state index in [1.165, 1.54) is 16.5 Å². The molecule has 4 rings (SSSR count). The summed E-state index contributed by atoms with van der Waals surface area (Å²) >= 11 is 0. The van der Waals surface area contributed by atoms with Gasteiger partial charge in [-0.3, -0.25) is 0 Å². The van der Waals surface area contributed by atoms with Gasteiger partial charge in [0.1, 0.15) is 5.75 Å². The summed E-state index contributed by atoms with van der Waals surface area (Å²) in [6.07, 6.45) is 0. The molecule has 3 aromatic carbocycles.